The molecule has 3 aliphatic rings. The number of hydrogen-bond acceptors (Lipinski definition) is 4. The molecule has 122 valence electrons. The highest BCUT2D eigenvalue weighted by molar-refractivity contribution is 5.06. The van der Waals surface area contributed by atoms with Gasteiger partial charge in [0.25, 0.3) is 0 Å². The van der Waals surface area contributed by atoms with E-state index in [4.69, 9.17) is 9.47 Å². The topological polar surface area (TPSA) is 39.5 Å². The highest BCUT2D eigenvalue weighted by atomic mass is 16.5. The van der Waals surface area contributed by atoms with Crippen molar-refractivity contribution in [2.45, 2.75) is 50.7 Å². The van der Waals surface area contributed by atoms with Crippen molar-refractivity contribution in [1.82, 2.24) is 14.7 Å². The van der Waals surface area contributed by atoms with Gasteiger partial charge in [-0.1, -0.05) is 0 Å². The lowest BCUT2D eigenvalue weighted by Gasteiger charge is -2.40. The van der Waals surface area contributed by atoms with Gasteiger partial charge in [-0.2, -0.15) is 5.10 Å². The van der Waals surface area contributed by atoms with Gasteiger partial charge in [-0.25, -0.2) is 0 Å². The van der Waals surface area contributed by atoms with E-state index in [2.05, 4.69) is 20.7 Å². The zero-order valence-electron chi connectivity index (χ0n) is 13.3. The summed E-state index contributed by atoms with van der Waals surface area (Å²) in [5.41, 5.74) is 1.35. The highest BCUT2D eigenvalue weighted by Gasteiger charge is 2.30. The Morgan fingerprint density at radius 3 is 2.91 bits per heavy atom. The van der Waals surface area contributed by atoms with Crippen LogP contribution >= 0.6 is 0 Å². The first-order valence-corrected chi connectivity index (χ1v) is 8.82. The average molecular weight is 305 g/mol. The van der Waals surface area contributed by atoms with Gasteiger partial charge in [0.05, 0.1) is 11.7 Å². The molecule has 1 atom stereocenters. The highest BCUT2D eigenvalue weighted by Crippen LogP contribution is 2.30. The average Bonchev–Trinajstić information content (AvgIpc) is 3.26. The van der Waals surface area contributed by atoms with Crippen LogP contribution in [0.4, 0.5) is 0 Å². The van der Waals surface area contributed by atoms with Crippen LogP contribution in [0.1, 0.15) is 43.8 Å². The fourth-order valence-corrected chi connectivity index (χ4v) is 3.71. The van der Waals surface area contributed by atoms with Crippen molar-refractivity contribution in [3.8, 4) is 0 Å². The van der Waals surface area contributed by atoms with E-state index in [1.54, 1.807) is 0 Å². The zero-order valence-corrected chi connectivity index (χ0v) is 13.3. The summed E-state index contributed by atoms with van der Waals surface area (Å²) < 4.78 is 13.6. The van der Waals surface area contributed by atoms with Gasteiger partial charge in [-0.3, -0.25) is 9.58 Å². The summed E-state index contributed by atoms with van der Waals surface area (Å²) in [5, 5.41) is 4.55. The second-order valence-electron chi connectivity index (χ2n) is 7.00. The van der Waals surface area contributed by atoms with Crippen molar-refractivity contribution in [3.05, 3.63) is 18.0 Å². The Balaban J connectivity index is 1.36. The maximum absolute atomic E-state index is 5.85. The SMILES string of the molecule is c1cc2n(n1)[C@H](CCOCC1CC1)CN(C1CCOCC1)C2. The molecule has 1 saturated carbocycles. The molecule has 1 saturated heterocycles. The lowest BCUT2D eigenvalue weighted by Crippen LogP contribution is -2.46. The molecular weight excluding hydrogens is 278 g/mol. The normalized spacial score (nSPS) is 27.0. The molecule has 0 spiro atoms. The van der Waals surface area contributed by atoms with Crippen LogP contribution < -0.4 is 0 Å². The van der Waals surface area contributed by atoms with Gasteiger partial charge >= 0.3 is 0 Å². The van der Waals surface area contributed by atoms with Gasteiger partial charge in [0.15, 0.2) is 0 Å². The predicted octanol–water partition coefficient (Wildman–Crippen LogP) is 2.24. The molecule has 0 amide bonds. The Bertz CT molecular complexity index is 480. The van der Waals surface area contributed by atoms with E-state index in [-0.39, 0.29) is 0 Å². The Hall–Kier alpha value is -0.910. The van der Waals surface area contributed by atoms with E-state index in [0.717, 1.165) is 51.9 Å². The van der Waals surface area contributed by atoms with E-state index in [9.17, 15) is 0 Å². The van der Waals surface area contributed by atoms with Gasteiger partial charge in [-0.15, -0.1) is 0 Å². The molecule has 0 radical (unpaired) electrons. The summed E-state index contributed by atoms with van der Waals surface area (Å²) in [7, 11) is 0. The largest absolute Gasteiger partial charge is 0.381 e. The molecule has 1 aliphatic carbocycles. The van der Waals surface area contributed by atoms with E-state index < -0.39 is 0 Å². The summed E-state index contributed by atoms with van der Waals surface area (Å²) in [5.74, 6) is 0.852. The summed E-state index contributed by atoms with van der Waals surface area (Å²) in [6, 6.07) is 3.30. The van der Waals surface area contributed by atoms with Crippen LogP contribution in [0.15, 0.2) is 12.3 Å². The molecule has 1 aromatic rings. The minimum atomic E-state index is 0.459. The molecule has 4 rings (SSSR count). The monoisotopic (exact) mass is 305 g/mol. The van der Waals surface area contributed by atoms with Crippen LogP contribution in [-0.4, -0.2) is 53.7 Å². The third kappa shape index (κ3) is 3.36. The fraction of sp³-hybridized carbons (Fsp3) is 0.824. The molecule has 5 nitrogen and oxygen atoms in total. The number of aromatic nitrogens is 2. The van der Waals surface area contributed by atoms with Crippen molar-refractivity contribution >= 4 is 0 Å². The smallest absolute Gasteiger partial charge is 0.0672 e. The first-order valence-electron chi connectivity index (χ1n) is 8.82. The molecule has 0 aromatic carbocycles. The second-order valence-corrected chi connectivity index (χ2v) is 7.00. The molecule has 3 heterocycles. The van der Waals surface area contributed by atoms with Gasteiger partial charge in [0.1, 0.15) is 0 Å². The van der Waals surface area contributed by atoms with Crippen molar-refractivity contribution in [3.63, 3.8) is 0 Å². The van der Waals surface area contributed by atoms with Crippen molar-refractivity contribution in [1.29, 1.82) is 0 Å². The predicted molar refractivity (Wildman–Crippen MR) is 83.7 cm³/mol. The second kappa shape index (κ2) is 6.69. The summed E-state index contributed by atoms with van der Waals surface area (Å²) >= 11 is 0. The number of hydrogen-bond donors (Lipinski definition) is 0. The summed E-state index contributed by atoms with van der Waals surface area (Å²) in [6.07, 6.45) is 8.08. The number of nitrogens with zero attached hydrogens (tertiary/aromatic N) is 3. The molecule has 0 bridgehead atoms. The molecule has 2 fully saturated rings. The van der Waals surface area contributed by atoms with Gasteiger partial charge in [-0.05, 0) is 44.1 Å². The Morgan fingerprint density at radius 2 is 2.09 bits per heavy atom. The summed E-state index contributed by atoms with van der Waals surface area (Å²) in [4.78, 5) is 2.64. The third-order valence-corrected chi connectivity index (χ3v) is 5.26. The lowest BCUT2D eigenvalue weighted by atomic mass is 10.0. The van der Waals surface area contributed by atoms with E-state index in [1.165, 1.54) is 31.4 Å². The maximum Gasteiger partial charge on any atom is 0.0672 e. The van der Waals surface area contributed by atoms with E-state index in [1.807, 2.05) is 6.20 Å². The van der Waals surface area contributed by atoms with Crippen LogP contribution in [0.5, 0.6) is 0 Å². The number of rotatable bonds is 6. The first-order chi connectivity index (χ1) is 10.9. The van der Waals surface area contributed by atoms with Crippen LogP contribution in [0, 0.1) is 5.92 Å². The minimum Gasteiger partial charge on any atom is -0.381 e. The van der Waals surface area contributed by atoms with Gasteiger partial charge in [0, 0.05) is 51.8 Å². The molecular formula is C17H27N3O2. The Kier molecular flexibility index (Phi) is 4.46. The van der Waals surface area contributed by atoms with Crippen LogP contribution in [0.3, 0.4) is 0 Å². The Morgan fingerprint density at radius 1 is 1.23 bits per heavy atom. The van der Waals surface area contributed by atoms with Gasteiger partial charge in [0.2, 0.25) is 0 Å². The molecule has 5 heteroatoms. The van der Waals surface area contributed by atoms with Crippen LogP contribution in [0.25, 0.3) is 0 Å². The molecule has 0 unspecified atom stereocenters. The van der Waals surface area contributed by atoms with E-state index >= 15 is 0 Å². The fourth-order valence-electron chi connectivity index (χ4n) is 3.71. The van der Waals surface area contributed by atoms with E-state index in [0.29, 0.717) is 12.1 Å². The molecule has 22 heavy (non-hydrogen) atoms. The zero-order chi connectivity index (χ0) is 14.8. The first kappa shape index (κ1) is 14.7. The maximum atomic E-state index is 5.85. The van der Waals surface area contributed by atoms with Crippen molar-refractivity contribution < 1.29 is 9.47 Å². The number of fused-ring (bicyclic) bond motifs is 1. The molecule has 2 aliphatic heterocycles. The van der Waals surface area contributed by atoms with Gasteiger partial charge < -0.3 is 9.47 Å². The lowest BCUT2D eigenvalue weighted by molar-refractivity contribution is 0.0119. The third-order valence-electron chi connectivity index (χ3n) is 5.26. The number of ether oxygens (including phenoxy) is 2. The summed E-state index contributed by atoms with van der Waals surface area (Å²) in [6.45, 7) is 5.78. The quantitative estimate of drug-likeness (QED) is 0.756. The van der Waals surface area contributed by atoms with Crippen molar-refractivity contribution in [2.75, 3.05) is 33.0 Å². The molecule has 1 aromatic heterocycles. The minimum absolute atomic E-state index is 0.459. The molecule has 0 N–H and O–H groups in total. The Labute approximate surface area is 132 Å². The standard InChI is InChI=1S/C17H27N3O2/c1-2-14(1)13-22-10-6-17-12-19(15-4-8-21-9-5-15)11-16-3-7-18-20(16)17/h3,7,14-15,17H,1-2,4-6,8-13H2/t17-/m1/s1. The van der Waals surface area contributed by atoms with Crippen LogP contribution in [0.2, 0.25) is 0 Å². The van der Waals surface area contributed by atoms with Crippen LogP contribution in [-0.2, 0) is 16.0 Å². The van der Waals surface area contributed by atoms with Crippen molar-refractivity contribution in [2.24, 2.45) is 5.92 Å².